The number of aliphatic hydroxyl groups excluding tert-OH is 1. The number of aromatic nitrogens is 2. The Morgan fingerprint density at radius 3 is 2.29 bits per heavy atom. The average Bonchev–Trinajstić information content (AvgIpc) is 2.84. The van der Waals surface area contributed by atoms with E-state index in [2.05, 4.69) is 0 Å². The van der Waals surface area contributed by atoms with E-state index < -0.39 is 0 Å². The van der Waals surface area contributed by atoms with Gasteiger partial charge in [0.1, 0.15) is 11.9 Å². The zero-order valence-corrected chi connectivity index (χ0v) is 19.3. The van der Waals surface area contributed by atoms with E-state index in [1.807, 2.05) is 67.6 Å². The fourth-order valence-corrected chi connectivity index (χ4v) is 4.98. The molecule has 0 radical (unpaired) electrons. The molecule has 2 aliphatic rings. The maximum absolute atomic E-state index is 13.8. The van der Waals surface area contributed by atoms with Crippen LogP contribution in [0, 0.1) is 12.8 Å². The summed E-state index contributed by atoms with van der Waals surface area (Å²) in [6.07, 6.45) is 1.34. The number of amides is 1. The Morgan fingerprint density at radius 2 is 1.71 bits per heavy atom. The highest BCUT2D eigenvalue weighted by Gasteiger charge is 2.34. The van der Waals surface area contributed by atoms with Crippen molar-refractivity contribution in [3.63, 3.8) is 0 Å². The van der Waals surface area contributed by atoms with Gasteiger partial charge in [0, 0.05) is 18.7 Å². The molecule has 1 aromatic heterocycles. The molecule has 1 N–H and O–H groups in total. The summed E-state index contributed by atoms with van der Waals surface area (Å²) in [5.41, 5.74) is 3.28. The third kappa shape index (κ3) is 4.23. The molecular weight excluding hydrogens is 430 g/mol. The molecule has 3 aromatic rings. The maximum atomic E-state index is 13.8. The van der Waals surface area contributed by atoms with Gasteiger partial charge in [0.05, 0.1) is 18.3 Å². The van der Waals surface area contributed by atoms with Crippen molar-refractivity contribution in [2.45, 2.75) is 44.9 Å². The van der Waals surface area contributed by atoms with Crippen molar-refractivity contribution in [3.8, 4) is 0 Å². The summed E-state index contributed by atoms with van der Waals surface area (Å²) in [6.45, 7) is 2.67. The van der Waals surface area contributed by atoms with Crippen molar-refractivity contribution >= 4 is 6.09 Å². The molecule has 1 saturated carbocycles. The monoisotopic (exact) mass is 459 g/mol. The number of aryl methyl sites for hydroxylation is 1. The summed E-state index contributed by atoms with van der Waals surface area (Å²) in [5, 5.41) is 9.16. The summed E-state index contributed by atoms with van der Waals surface area (Å²) in [6, 6.07) is 19.7. The molecule has 5 rings (SSSR count). The minimum absolute atomic E-state index is 0.0574. The number of benzene rings is 2. The van der Waals surface area contributed by atoms with E-state index in [0.717, 1.165) is 11.1 Å². The van der Waals surface area contributed by atoms with Crippen LogP contribution in [0.1, 0.15) is 47.1 Å². The highest BCUT2D eigenvalue weighted by molar-refractivity contribution is 5.68. The van der Waals surface area contributed by atoms with Crippen LogP contribution in [-0.2, 0) is 17.7 Å². The first-order valence-electron chi connectivity index (χ1n) is 11.8. The topological polar surface area (TPSA) is 84.7 Å². The number of fused-ring (bicyclic) bond motifs is 1. The molecule has 0 saturated heterocycles. The van der Waals surface area contributed by atoms with Crippen LogP contribution in [-0.4, -0.2) is 44.9 Å². The van der Waals surface area contributed by atoms with Gasteiger partial charge in [0.15, 0.2) is 0 Å². The first-order chi connectivity index (χ1) is 16.5. The Hall–Kier alpha value is -3.45. The first kappa shape index (κ1) is 22.3. The minimum atomic E-state index is -0.373. The van der Waals surface area contributed by atoms with Crippen LogP contribution < -0.4 is 5.56 Å². The molecule has 2 heterocycles. The molecule has 1 fully saturated rings. The second-order valence-electron chi connectivity index (χ2n) is 9.18. The van der Waals surface area contributed by atoms with Gasteiger partial charge in [-0.1, -0.05) is 60.7 Å². The highest BCUT2D eigenvalue weighted by Crippen LogP contribution is 2.31. The zero-order valence-electron chi connectivity index (χ0n) is 19.3. The number of ether oxygens (including phenoxy) is 1. The predicted molar refractivity (Wildman–Crippen MR) is 128 cm³/mol. The molecule has 0 atom stereocenters. The summed E-state index contributed by atoms with van der Waals surface area (Å²) in [7, 11) is 0. The largest absolute Gasteiger partial charge is 0.446 e. The lowest BCUT2D eigenvalue weighted by molar-refractivity contribution is -0.0187. The second kappa shape index (κ2) is 9.43. The summed E-state index contributed by atoms with van der Waals surface area (Å²) >= 11 is 0. The molecule has 1 amide bonds. The summed E-state index contributed by atoms with van der Waals surface area (Å²) in [4.78, 5) is 32.8. The minimum Gasteiger partial charge on any atom is -0.446 e. The molecule has 7 nitrogen and oxygen atoms in total. The number of carbonyl (C=O) groups is 1. The second-order valence-corrected chi connectivity index (χ2v) is 9.18. The van der Waals surface area contributed by atoms with Crippen molar-refractivity contribution in [1.29, 1.82) is 0 Å². The smallest absolute Gasteiger partial charge is 0.410 e. The van der Waals surface area contributed by atoms with E-state index >= 15 is 0 Å². The van der Waals surface area contributed by atoms with E-state index in [0.29, 0.717) is 42.9 Å². The molecule has 7 heteroatoms. The van der Waals surface area contributed by atoms with Crippen LogP contribution in [0.3, 0.4) is 0 Å². The lowest BCUT2D eigenvalue weighted by Gasteiger charge is -2.36. The third-order valence-corrected chi connectivity index (χ3v) is 6.91. The van der Waals surface area contributed by atoms with Crippen LogP contribution in [0.5, 0.6) is 0 Å². The number of carbonyl (C=O) groups excluding carboxylic acids is 1. The Balaban J connectivity index is 1.44. The summed E-state index contributed by atoms with van der Waals surface area (Å²) in [5.74, 6) is 0.839. The van der Waals surface area contributed by atoms with Crippen LogP contribution in [0.15, 0.2) is 65.5 Å². The Morgan fingerprint density at radius 1 is 1.09 bits per heavy atom. The van der Waals surface area contributed by atoms with Gasteiger partial charge in [-0.3, -0.25) is 9.36 Å². The Labute approximate surface area is 198 Å². The molecule has 176 valence electrons. The van der Waals surface area contributed by atoms with E-state index in [-0.39, 0.29) is 42.9 Å². The van der Waals surface area contributed by atoms with Gasteiger partial charge in [0.25, 0.3) is 5.56 Å². The third-order valence-electron chi connectivity index (χ3n) is 6.91. The van der Waals surface area contributed by atoms with Crippen molar-refractivity contribution < 1.29 is 14.6 Å². The first-order valence-corrected chi connectivity index (χ1v) is 11.8. The Bertz CT molecular complexity index is 1180. The standard InChI is InChI=1S/C27H29N3O4/c1-18-28-24-16-29(27(33)34-22-14-19(15-22)17-31)13-12-23(24)26(32)30(18)25(20-8-4-2-5-9-20)21-10-6-3-7-11-21/h2-11,19,22,25,31H,12-17H2,1H3. The quantitative estimate of drug-likeness (QED) is 0.632. The highest BCUT2D eigenvalue weighted by atomic mass is 16.6. The van der Waals surface area contributed by atoms with Crippen LogP contribution in [0.2, 0.25) is 0 Å². The van der Waals surface area contributed by atoms with Crippen LogP contribution >= 0.6 is 0 Å². The van der Waals surface area contributed by atoms with Gasteiger partial charge < -0.3 is 14.7 Å². The van der Waals surface area contributed by atoms with E-state index in [4.69, 9.17) is 14.8 Å². The molecule has 1 aliphatic carbocycles. The fraction of sp³-hybridized carbons (Fsp3) is 0.370. The number of aliphatic hydroxyl groups is 1. The van der Waals surface area contributed by atoms with Crippen molar-refractivity contribution in [2.24, 2.45) is 5.92 Å². The number of nitrogens with zero attached hydrogens (tertiary/aromatic N) is 3. The summed E-state index contributed by atoms with van der Waals surface area (Å²) < 4.78 is 7.35. The van der Waals surface area contributed by atoms with Gasteiger partial charge in [-0.15, -0.1) is 0 Å². The van der Waals surface area contributed by atoms with Crippen molar-refractivity contribution in [2.75, 3.05) is 13.2 Å². The van der Waals surface area contributed by atoms with Gasteiger partial charge >= 0.3 is 6.09 Å². The molecule has 1 aliphatic heterocycles. The molecule has 0 spiro atoms. The number of hydrogen-bond acceptors (Lipinski definition) is 5. The van der Waals surface area contributed by atoms with Crippen molar-refractivity contribution in [1.82, 2.24) is 14.5 Å². The molecule has 2 aromatic carbocycles. The number of hydrogen-bond donors (Lipinski definition) is 1. The van der Waals surface area contributed by atoms with Gasteiger partial charge in [-0.25, -0.2) is 9.78 Å². The van der Waals surface area contributed by atoms with Gasteiger partial charge in [-0.05, 0) is 43.2 Å². The molecule has 0 unspecified atom stereocenters. The Kier molecular flexibility index (Phi) is 6.20. The van der Waals surface area contributed by atoms with Crippen LogP contribution in [0.4, 0.5) is 4.79 Å². The maximum Gasteiger partial charge on any atom is 0.410 e. The molecule has 34 heavy (non-hydrogen) atoms. The predicted octanol–water partition coefficient (Wildman–Crippen LogP) is 3.46. The van der Waals surface area contributed by atoms with Crippen LogP contribution in [0.25, 0.3) is 0 Å². The SMILES string of the molecule is Cc1nc2c(c(=O)n1C(c1ccccc1)c1ccccc1)CCN(C(=O)OC1CC(CO)C1)C2. The zero-order chi connectivity index (χ0) is 23.7. The molecule has 0 bridgehead atoms. The lowest BCUT2D eigenvalue weighted by Crippen LogP contribution is -2.44. The average molecular weight is 460 g/mol. The van der Waals surface area contributed by atoms with Gasteiger partial charge in [-0.2, -0.15) is 0 Å². The van der Waals surface area contributed by atoms with E-state index in [1.54, 1.807) is 9.47 Å². The van der Waals surface area contributed by atoms with Gasteiger partial charge in [0.2, 0.25) is 0 Å². The van der Waals surface area contributed by atoms with E-state index in [1.165, 1.54) is 0 Å². The van der Waals surface area contributed by atoms with E-state index in [9.17, 15) is 9.59 Å². The number of rotatable bonds is 5. The van der Waals surface area contributed by atoms with Crippen molar-refractivity contribution in [3.05, 3.63) is 99.2 Å². The molecular formula is C27H29N3O4. The normalized spacial score (nSPS) is 19.4. The lowest BCUT2D eigenvalue weighted by atomic mass is 9.83. The fourth-order valence-electron chi connectivity index (χ4n) is 4.98.